The number of nitrogens with zero attached hydrogens (tertiary/aromatic N) is 1. The van der Waals surface area contributed by atoms with E-state index >= 15 is 0 Å². The Hall–Kier alpha value is -1.58. The number of ether oxygens (including phenoxy) is 1. The third-order valence-corrected chi connectivity index (χ3v) is 1.70. The van der Waals surface area contributed by atoms with Gasteiger partial charge in [-0.2, -0.15) is 4.73 Å². The summed E-state index contributed by atoms with van der Waals surface area (Å²) in [5.74, 6) is -0.386. The largest absolute Gasteiger partial charge is 0.618 e. The average Bonchev–Trinajstić information content (AvgIpc) is 2.03. The van der Waals surface area contributed by atoms with E-state index in [-0.39, 0.29) is 12.6 Å². The minimum Gasteiger partial charge on any atom is -0.618 e. The highest BCUT2D eigenvalue weighted by atomic mass is 16.5. The van der Waals surface area contributed by atoms with Gasteiger partial charge in [-0.25, -0.2) is 0 Å². The number of aryl methyl sites for hydroxylation is 1. The second kappa shape index (κ2) is 3.89. The van der Waals surface area contributed by atoms with Gasteiger partial charge in [0.05, 0.1) is 0 Å². The molecule has 0 aliphatic rings. The first-order valence-corrected chi connectivity index (χ1v) is 3.92. The Bertz CT molecular complexity index is 302. The molecule has 0 N–H and O–H groups in total. The van der Waals surface area contributed by atoms with Gasteiger partial charge in [0, 0.05) is 18.6 Å². The quantitative estimate of drug-likeness (QED) is 0.383. The van der Waals surface area contributed by atoms with Crippen LogP contribution in [0.3, 0.4) is 0 Å². The maximum atomic E-state index is 11.2. The zero-order valence-electron chi connectivity index (χ0n) is 7.61. The molecule has 1 aromatic heterocycles. The summed E-state index contributed by atoms with van der Waals surface area (Å²) in [7, 11) is 0. The first kappa shape index (κ1) is 9.51. The maximum Gasteiger partial charge on any atom is 0.303 e. The number of esters is 1. The Morgan fingerprint density at radius 1 is 1.69 bits per heavy atom. The highest BCUT2D eigenvalue weighted by molar-refractivity contribution is 5.65. The molecule has 0 saturated heterocycles. The van der Waals surface area contributed by atoms with Crippen molar-refractivity contribution in [2.45, 2.75) is 20.5 Å². The summed E-state index contributed by atoms with van der Waals surface area (Å²) in [5.41, 5.74) is 1.29. The molecular weight excluding hydrogens is 170 g/mol. The van der Waals surface area contributed by atoms with E-state index in [4.69, 9.17) is 4.74 Å². The number of hydrogen-bond acceptors (Lipinski definition) is 3. The van der Waals surface area contributed by atoms with Crippen LogP contribution in [0, 0.1) is 12.1 Å². The fourth-order valence-electron chi connectivity index (χ4n) is 0.973. The van der Waals surface area contributed by atoms with Gasteiger partial charge in [0.25, 0.3) is 0 Å². The van der Waals surface area contributed by atoms with Crippen LogP contribution in [0.25, 0.3) is 0 Å². The van der Waals surface area contributed by atoms with Crippen LogP contribution in [0.1, 0.15) is 18.2 Å². The van der Waals surface area contributed by atoms with Crippen molar-refractivity contribution in [2.75, 3.05) is 0 Å². The molecule has 1 rings (SSSR count). The van der Waals surface area contributed by atoms with E-state index in [2.05, 4.69) is 0 Å². The Kier molecular flexibility index (Phi) is 2.84. The third kappa shape index (κ3) is 2.43. The molecule has 0 amide bonds. The van der Waals surface area contributed by atoms with Crippen molar-refractivity contribution in [1.82, 2.24) is 0 Å². The highest BCUT2D eigenvalue weighted by Gasteiger charge is 2.09. The fourth-order valence-corrected chi connectivity index (χ4v) is 0.973. The van der Waals surface area contributed by atoms with Gasteiger partial charge >= 0.3 is 5.97 Å². The van der Waals surface area contributed by atoms with E-state index in [1.807, 2.05) is 0 Å². The van der Waals surface area contributed by atoms with Gasteiger partial charge in [-0.3, -0.25) is 4.79 Å². The predicted molar refractivity (Wildman–Crippen MR) is 45.6 cm³/mol. The molecule has 0 aliphatic heterocycles. The molecule has 70 valence electrons. The second-order valence-corrected chi connectivity index (χ2v) is 2.74. The van der Waals surface area contributed by atoms with Crippen LogP contribution in [0.15, 0.2) is 18.3 Å². The van der Waals surface area contributed by atoms with Gasteiger partial charge in [-0.05, 0) is 13.0 Å². The number of rotatable bonds is 2. The number of carbonyl (C=O) groups is 1. The number of pyridine rings is 1. The van der Waals surface area contributed by atoms with Gasteiger partial charge in [0.1, 0.15) is 0 Å². The summed E-state index contributed by atoms with van der Waals surface area (Å²) in [4.78, 5) is 10.5. The lowest BCUT2D eigenvalue weighted by molar-refractivity contribution is -0.616. The fraction of sp³-hybridized carbons (Fsp3) is 0.333. The van der Waals surface area contributed by atoms with Crippen LogP contribution in [0.2, 0.25) is 0 Å². The van der Waals surface area contributed by atoms with Crippen LogP contribution in [0.4, 0.5) is 0 Å². The van der Waals surface area contributed by atoms with E-state index in [9.17, 15) is 10.0 Å². The standard InChI is InChI=1S/C9H11NO3/c1-7-4-3-5-10(12)9(7)6-13-8(2)11/h3-5H,6H2,1-2H3. The van der Waals surface area contributed by atoms with E-state index in [1.165, 1.54) is 13.1 Å². The van der Waals surface area contributed by atoms with Crippen LogP contribution >= 0.6 is 0 Å². The van der Waals surface area contributed by atoms with Crippen molar-refractivity contribution in [2.24, 2.45) is 0 Å². The molecule has 0 radical (unpaired) electrons. The lowest BCUT2D eigenvalue weighted by atomic mass is 10.2. The SMILES string of the molecule is CC(=O)OCc1c(C)ccc[n+]1[O-]. The summed E-state index contributed by atoms with van der Waals surface area (Å²) < 4.78 is 5.44. The molecule has 4 heteroatoms. The number of hydrogen-bond donors (Lipinski definition) is 0. The van der Waals surface area contributed by atoms with Crippen molar-refractivity contribution in [3.8, 4) is 0 Å². The minimum absolute atomic E-state index is 0.0332. The topological polar surface area (TPSA) is 53.2 Å². The van der Waals surface area contributed by atoms with Crippen LogP contribution < -0.4 is 4.73 Å². The Labute approximate surface area is 76.3 Å². The normalized spacial score (nSPS) is 9.69. The molecule has 0 aliphatic carbocycles. The van der Waals surface area contributed by atoms with Crippen molar-refractivity contribution in [3.63, 3.8) is 0 Å². The lowest BCUT2D eigenvalue weighted by Gasteiger charge is -2.06. The zero-order chi connectivity index (χ0) is 9.84. The molecule has 1 aromatic rings. The molecule has 0 spiro atoms. The number of carbonyl (C=O) groups excluding carboxylic acids is 1. The molecule has 0 saturated carbocycles. The summed E-state index contributed by atoms with van der Waals surface area (Å²) in [6, 6.07) is 3.45. The first-order valence-electron chi connectivity index (χ1n) is 3.92. The van der Waals surface area contributed by atoms with Gasteiger partial charge in [-0.1, -0.05) is 0 Å². The van der Waals surface area contributed by atoms with Crippen LogP contribution in [0.5, 0.6) is 0 Å². The van der Waals surface area contributed by atoms with E-state index in [0.29, 0.717) is 10.4 Å². The smallest absolute Gasteiger partial charge is 0.303 e. The second-order valence-electron chi connectivity index (χ2n) is 2.74. The van der Waals surface area contributed by atoms with Crippen LogP contribution in [-0.2, 0) is 16.1 Å². The van der Waals surface area contributed by atoms with Gasteiger partial charge in [-0.15, -0.1) is 0 Å². The first-order chi connectivity index (χ1) is 6.11. The Morgan fingerprint density at radius 3 is 2.92 bits per heavy atom. The van der Waals surface area contributed by atoms with Gasteiger partial charge < -0.3 is 9.94 Å². The minimum atomic E-state index is -0.386. The molecule has 0 aromatic carbocycles. The molecule has 0 unspecified atom stereocenters. The van der Waals surface area contributed by atoms with Crippen molar-refractivity contribution < 1.29 is 14.3 Å². The maximum absolute atomic E-state index is 11.2. The molecule has 0 fully saturated rings. The Morgan fingerprint density at radius 2 is 2.38 bits per heavy atom. The summed E-state index contributed by atoms with van der Waals surface area (Å²) in [6.45, 7) is 3.14. The molecule has 0 atom stereocenters. The van der Waals surface area contributed by atoms with Crippen molar-refractivity contribution in [3.05, 3.63) is 34.8 Å². The number of aromatic nitrogens is 1. The summed E-state index contributed by atoms with van der Waals surface area (Å²) in [6.07, 6.45) is 1.38. The predicted octanol–water partition coefficient (Wildman–Crippen LogP) is 0.692. The summed E-state index contributed by atoms with van der Waals surface area (Å²) >= 11 is 0. The molecule has 13 heavy (non-hydrogen) atoms. The highest BCUT2D eigenvalue weighted by Crippen LogP contribution is 2.02. The monoisotopic (exact) mass is 181 g/mol. The summed E-state index contributed by atoms with van der Waals surface area (Å²) in [5, 5.41) is 11.2. The average molecular weight is 181 g/mol. The van der Waals surface area contributed by atoms with Crippen molar-refractivity contribution >= 4 is 5.97 Å². The van der Waals surface area contributed by atoms with E-state index in [1.54, 1.807) is 19.1 Å². The van der Waals surface area contributed by atoms with Crippen LogP contribution in [-0.4, -0.2) is 5.97 Å². The molecule has 4 nitrogen and oxygen atoms in total. The Balaban J connectivity index is 2.81. The zero-order valence-corrected chi connectivity index (χ0v) is 7.61. The third-order valence-electron chi connectivity index (χ3n) is 1.70. The van der Waals surface area contributed by atoms with E-state index in [0.717, 1.165) is 5.56 Å². The lowest BCUT2D eigenvalue weighted by Crippen LogP contribution is -2.32. The van der Waals surface area contributed by atoms with E-state index < -0.39 is 0 Å². The van der Waals surface area contributed by atoms with Crippen molar-refractivity contribution in [1.29, 1.82) is 0 Å². The molecule has 0 bridgehead atoms. The van der Waals surface area contributed by atoms with Gasteiger partial charge in [0.2, 0.25) is 5.69 Å². The van der Waals surface area contributed by atoms with Gasteiger partial charge in [0.15, 0.2) is 12.8 Å². The molecular formula is C9H11NO3. The molecule has 1 heterocycles.